The van der Waals surface area contributed by atoms with E-state index < -0.39 is 0 Å². The van der Waals surface area contributed by atoms with E-state index in [9.17, 15) is 9.59 Å². The van der Waals surface area contributed by atoms with Gasteiger partial charge in [-0.05, 0) is 30.2 Å². The van der Waals surface area contributed by atoms with Gasteiger partial charge in [0.2, 0.25) is 0 Å². The number of hydrogen-bond donors (Lipinski definition) is 1. The van der Waals surface area contributed by atoms with Crippen molar-refractivity contribution in [3.05, 3.63) is 44.9 Å². The Bertz CT molecular complexity index is 725. The average Bonchev–Trinajstić information content (AvgIpc) is 2.97. The molecule has 1 unspecified atom stereocenters. The molecule has 122 valence electrons. The van der Waals surface area contributed by atoms with Crippen LogP contribution in [-0.4, -0.2) is 18.9 Å². The quantitative estimate of drug-likeness (QED) is 0.843. The molecule has 1 aliphatic heterocycles. The number of esters is 1. The molecule has 0 bridgehead atoms. The van der Waals surface area contributed by atoms with Gasteiger partial charge in [0.25, 0.3) is 0 Å². The lowest BCUT2D eigenvalue weighted by molar-refractivity contribution is -0.136. The van der Waals surface area contributed by atoms with E-state index in [0.29, 0.717) is 12.0 Å². The summed E-state index contributed by atoms with van der Waals surface area (Å²) in [5.41, 5.74) is 2.94. The van der Waals surface area contributed by atoms with Crippen LogP contribution in [0.3, 0.4) is 0 Å². The van der Waals surface area contributed by atoms with Gasteiger partial charge in [0, 0.05) is 28.3 Å². The number of dihydropyridines is 1. The van der Waals surface area contributed by atoms with Crippen molar-refractivity contribution < 1.29 is 14.3 Å². The molecule has 0 radical (unpaired) electrons. The molecule has 0 spiro atoms. The van der Waals surface area contributed by atoms with E-state index in [2.05, 4.69) is 19.2 Å². The summed E-state index contributed by atoms with van der Waals surface area (Å²) in [6, 6.07) is 3.93. The van der Waals surface area contributed by atoms with Crippen molar-refractivity contribution in [1.82, 2.24) is 5.32 Å². The maximum Gasteiger partial charge on any atom is 0.336 e. The van der Waals surface area contributed by atoms with Gasteiger partial charge < -0.3 is 10.1 Å². The third kappa shape index (κ3) is 2.74. The normalized spacial score (nSPS) is 23.5. The molecule has 2 heterocycles. The van der Waals surface area contributed by atoms with Crippen molar-refractivity contribution in [1.29, 1.82) is 0 Å². The average molecular weight is 331 g/mol. The molecular formula is C18H21NO3S. The predicted octanol–water partition coefficient (Wildman–Crippen LogP) is 3.53. The summed E-state index contributed by atoms with van der Waals surface area (Å²) in [6.45, 7) is 6.08. The summed E-state index contributed by atoms with van der Waals surface area (Å²) in [4.78, 5) is 26.2. The van der Waals surface area contributed by atoms with Crippen LogP contribution in [0.1, 0.15) is 44.4 Å². The second-order valence-electron chi connectivity index (χ2n) is 6.94. The molecule has 3 rings (SSSR count). The number of Topliss-reactive ketones (excluding diaryl/α,β-unsaturated/α-hetero) is 1. The van der Waals surface area contributed by atoms with Gasteiger partial charge in [0.1, 0.15) is 0 Å². The summed E-state index contributed by atoms with van der Waals surface area (Å²) in [5, 5.41) is 5.28. The highest BCUT2D eigenvalue weighted by molar-refractivity contribution is 7.10. The zero-order chi connectivity index (χ0) is 16.8. The number of allylic oxidation sites excluding steroid dienone is 3. The Balaban J connectivity index is 2.17. The molecule has 23 heavy (non-hydrogen) atoms. The molecule has 0 amide bonds. The number of hydrogen-bond acceptors (Lipinski definition) is 5. The van der Waals surface area contributed by atoms with Crippen LogP contribution in [0.5, 0.6) is 0 Å². The number of ether oxygens (including phenoxy) is 1. The zero-order valence-corrected chi connectivity index (χ0v) is 14.7. The Hall–Kier alpha value is -1.88. The summed E-state index contributed by atoms with van der Waals surface area (Å²) in [7, 11) is 1.38. The van der Waals surface area contributed by atoms with E-state index in [1.165, 1.54) is 7.11 Å². The third-order valence-electron chi connectivity index (χ3n) is 4.47. The molecule has 1 aliphatic carbocycles. The number of carbonyl (C=O) groups excluding carboxylic acids is 2. The Labute approximate surface area is 140 Å². The second kappa shape index (κ2) is 5.64. The largest absolute Gasteiger partial charge is 0.466 e. The fourth-order valence-corrected chi connectivity index (χ4v) is 4.40. The van der Waals surface area contributed by atoms with E-state index in [-0.39, 0.29) is 23.1 Å². The lowest BCUT2D eigenvalue weighted by Crippen LogP contribution is -2.38. The monoisotopic (exact) mass is 331 g/mol. The lowest BCUT2D eigenvalue weighted by atomic mass is 9.70. The van der Waals surface area contributed by atoms with E-state index in [4.69, 9.17) is 4.74 Å². The fourth-order valence-electron chi connectivity index (χ4n) is 3.56. The number of rotatable bonds is 2. The minimum atomic E-state index is -0.377. The maximum absolute atomic E-state index is 12.8. The molecule has 1 aromatic heterocycles. The first-order chi connectivity index (χ1) is 10.8. The first kappa shape index (κ1) is 16.0. The summed E-state index contributed by atoms with van der Waals surface area (Å²) >= 11 is 1.56. The molecule has 4 nitrogen and oxygen atoms in total. The molecule has 1 N–H and O–H groups in total. The van der Waals surface area contributed by atoms with Crippen molar-refractivity contribution >= 4 is 23.1 Å². The van der Waals surface area contributed by atoms with Gasteiger partial charge in [-0.2, -0.15) is 0 Å². The first-order valence-electron chi connectivity index (χ1n) is 7.70. The molecule has 2 aliphatic rings. The third-order valence-corrected chi connectivity index (χ3v) is 5.41. The van der Waals surface area contributed by atoms with Crippen LogP contribution >= 0.6 is 11.3 Å². The number of thiophene rings is 1. The van der Waals surface area contributed by atoms with Gasteiger partial charge in [-0.15, -0.1) is 11.3 Å². The van der Waals surface area contributed by atoms with Crippen LogP contribution in [0.4, 0.5) is 0 Å². The van der Waals surface area contributed by atoms with Crippen molar-refractivity contribution in [2.45, 2.75) is 39.5 Å². The Kier molecular flexibility index (Phi) is 3.92. The highest BCUT2D eigenvalue weighted by Gasteiger charge is 2.43. The van der Waals surface area contributed by atoms with E-state index in [1.54, 1.807) is 11.3 Å². The Morgan fingerprint density at radius 2 is 2.13 bits per heavy atom. The lowest BCUT2D eigenvalue weighted by Gasteiger charge is -2.39. The predicted molar refractivity (Wildman–Crippen MR) is 90.0 cm³/mol. The summed E-state index contributed by atoms with van der Waals surface area (Å²) in [6.07, 6.45) is 1.31. The van der Waals surface area contributed by atoms with Crippen molar-refractivity contribution in [3.8, 4) is 0 Å². The first-order valence-corrected chi connectivity index (χ1v) is 8.58. The standard InChI is InChI=1S/C18H21NO3S/c1-10-14(17(21)22-4)16(13-6-5-7-23-13)15-11(19-10)8-18(2,3)9-12(15)20/h5-7,16,19H,8-9H2,1-4H3. The van der Waals surface area contributed by atoms with E-state index in [0.717, 1.165) is 28.3 Å². The highest BCUT2D eigenvalue weighted by Crippen LogP contribution is 2.47. The van der Waals surface area contributed by atoms with Crippen LogP contribution in [0, 0.1) is 5.41 Å². The van der Waals surface area contributed by atoms with Gasteiger partial charge in [-0.25, -0.2) is 4.79 Å². The zero-order valence-electron chi connectivity index (χ0n) is 13.9. The van der Waals surface area contributed by atoms with Gasteiger partial charge >= 0.3 is 5.97 Å². The van der Waals surface area contributed by atoms with Crippen LogP contribution in [0.2, 0.25) is 0 Å². The molecule has 1 aromatic rings. The molecule has 1 atom stereocenters. The maximum atomic E-state index is 12.8. The van der Waals surface area contributed by atoms with E-state index in [1.807, 2.05) is 24.4 Å². The minimum absolute atomic E-state index is 0.0635. The Morgan fingerprint density at radius 3 is 2.74 bits per heavy atom. The fraction of sp³-hybridized carbons (Fsp3) is 0.444. The summed E-state index contributed by atoms with van der Waals surface area (Å²) in [5.74, 6) is -0.573. The van der Waals surface area contributed by atoms with Crippen molar-refractivity contribution in [2.75, 3.05) is 7.11 Å². The minimum Gasteiger partial charge on any atom is -0.466 e. The molecule has 0 aromatic carbocycles. The van der Waals surface area contributed by atoms with Crippen molar-refractivity contribution in [2.24, 2.45) is 5.41 Å². The Morgan fingerprint density at radius 1 is 1.39 bits per heavy atom. The SMILES string of the molecule is COC(=O)C1=C(C)NC2=C(C(=O)CC(C)(C)C2)C1c1cccs1. The van der Waals surface area contributed by atoms with Gasteiger partial charge in [0.05, 0.1) is 18.6 Å². The highest BCUT2D eigenvalue weighted by atomic mass is 32.1. The van der Waals surface area contributed by atoms with Crippen LogP contribution in [-0.2, 0) is 14.3 Å². The number of ketones is 1. The van der Waals surface area contributed by atoms with E-state index >= 15 is 0 Å². The molecule has 0 saturated carbocycles. The number of nitrogens with one attached hydrogen (secondary N) is 1. The summed E-state index contributed by atoms with van der Waals surface area (Å²) < 4.78 is 4.98. The topological polar surface area (TPSA) is 55.4 Å². The van der Waals surface area contributed by atoms with Crippen molar-refractivity contribution in [3.63, 3.8) is 0 Å². The molecule has 5 heteroatoms. The van der Waals surface area contributed by atoms with Crippen LogP contribution in [0.15, 0.2) is 40.1 Å². The molecular weight excluding hydrogens is 310 g/mol. The molecule has 0 saturated heterocycles. The second-order valence-corrected chi connectivity index (χ2v) is 7.92. The van der Waals surface area contributed by atoms with Gasteiger partial charge in [0.15, 0.2) is 5.78 Å². The smallest absolute Gasteiger partial charge is 0.336 e. The number of methoxy groups -OCH3 is 1. The van der Waals surface area contributed by atoms with Gasteiger partial charge in [-0.1, -0.05) is 19.9 Å². The van der Waals surface area contributed by atoms with Crippen LogP contribution < -0.4 is 5.32 Å². The van der Waals surface area contributed by atoms with Gasteiger partial charge in [-0.3, -0.25) is 4.79 Å². The van der Waals surface area contributed by atoms with Crippen LogP contribution in [0.25, 0.3) is 0 Å². The number of carbonyl (C=O) groups is 2. The molecule has 0 fully saturated rings.